The van der Waals surface area contributed by atoms with Crippen LogP contribution in [-0.4, -0.2) is 35.1 Å². The highest BCUT2D eigenvalue weighted by Gasteiger charge is 2.31. The summed E-state index contributed by atoms with van der Waals surface area (Å²) in [4.78, 5) is 25.1. The Hall–Kier alpha value is -3.62. The summed E-state index contributed by atoms with van der Waals surface area (Å²) in [6.07, 6.45) is -1.79. The maximum Gasteiger partial charge on any atom is 0.416 e. The van der Waals surface area contributed by atoms with Gasteiger partial charge in [-0.3, -0.25) is 14.7 Å². The number of hydrogen-bond acceptors (Lipinski definition) is 3. The number of rotatable bonds is 6. The molecule has 2 N–H and O–H groups in total. The Labute approximate surface area is 170 Å². The summed E-state index contributed by atoms with van der Waals surface area (Å²) < 4.78 is 39.3. The molecule has 1 heterocycles. The third-order valence-corrected chi connectivity index (χ3v) is 4.34. The molecule has 3 rings (SSSR count). The summed E-state index contributed by atoms with van der Waals surface area (Å²) in [5.74, 6) is -0.836. The van der Waals surface area contributed by atoms with Crippen LogP contribution in [-0.2, 0) is 15.8 Å². The molecule has 0 aliphatic heterocycles. The topological polar surface area (TPSA) is 78.1 Å². The van der Waals surface area contributed by atoms with E-state index in [1.165, 1.54) is 36.1 Å². The van der Waals surface area contributed by atoms with Gasteiger partial charge in [-0.1, -0.05) is 24.3 Å². The number of anilines is 1. The van der Waals surface area contributed by atoms with Gasteiger partial charge in [-0.15, -0.1) is 0 Å². The van der Waals surface area contributed by atoms with Crippen LogP contribution < -0.4 is 10.2 Å². The second kappa shape index (κ2) is 8.81. The smallest absolute Gasteiger partial charge is 0.355 e. The van der Waals surface area contributed by atoms with Crippen LogP contribution in [0.1, 0.15) is 18.2 Å². The molecule has 156 valence electrons. The van der Waals surface area contributed by atoms with E-state index in [4.69, 9.17) is 0 Å². The standard InChI is InChI=1S/C21H19F3N4O2/c1-14(29)25-11-12-28(16-6-4-5-15(13-16)21(22,23)24)20(30)10-9-19-17-7-2-3-8-18(17)26-27-19/h2-10,13H,11-12H2,1H3,(H,25,29)(H,26,27)/b10-9+. The minimum Gasteiger partial charge on any atom is -0.355 e. The third-order valence-electron chi connectivity index (χ3n) is 4.34. The normalized spacial score (nSPS) is 11.7. The van der Waals surface area contributed by atoms with E-state index in [0.717, 1.165) is 23.0 Å². The van der Waals surface area contributed by atoms with Crippen molar-refractivity contribution >= 4 is 34.5 Å². The number of para-hydroxylation sites is 1. The van der Waals surface area contributed by atoms with Crippen molar-refractivity contribution in [2.24, 2.45) is 0 Å². The van der Waals surface area contributed by atoms with E-state index in [0.29, 0.717) is 5.69 Å². The Kier molecular flexibility index (Phi) is 6.20. The second-order valence-corrected chi connectivity index (χ2v) is 6.51. The van der Waals surface area contributed by atoms with Crippen LogP contribution in [0.3, 0.4) is 0 Å². The SMILES string of the molecule is CC(=O)NCCN(C(=O)/C=C/c1n[nH]c2ccccc12)c1cccc(C(F)(F)F)c1. The summed E-state index contributed by atoms with van der Waals surface area (Å²) in [7, 11) is 0. The van der Waals surface area contributed by atoms with Crippen molar-refractivity contribution in [2.45, 2.75) is 13.1 Å². The molecular formula is C21H19F3N4O2. The molecule has 6 nitrogen and oxygen atoms in total. The number of amides is 2. The molecule has 0 bridgehead atoms. The lowest BCUT2D eigenvalue weighted by molar-refractivity contribution is -0.137. The zero-order valence-electron chi connectivity index (χ0n) is 16.0. The van der Waals surface area contributed by atoms with Gasteiger partial charge in [-0.25, -0.2) is 0 Å². The van der Waals surface area contributed by atoms with E-state index in [2.05, 4.69) is 15.5 Å². The molecule has 0 saturated heterocycles. The van der Waals surface area contributed by atoms with E-state index < -0.39 is 17.6 Å². The van der Waals surface area contributed by atoms with E-state index in [1.807, 2.05) is 24.3 Å². The largest absolute Gasteiger partial charge is 0.416 e. The number of nitrogens with one attached hydrogen (secondary N) is 2. The Bertz CT molecular complexity index is 1090. The van der Waals surface area contributed by atoms with Crippen molar-refractivity contribution in [3.63, 3.8) is 0 Å². The minimum absolute atomic E-state index is 0.00533. The molecule has 0 spiro atoms. The maximum atomic E-state index is 13.1. The van der Waals surface area contributed by atoms with Crippen LogP contribution in [0.25, 0.3) is 17.0 Å². The van der Waals surface area contributed by atoms with Crippen molar-refractivity contribution in [1.29, 1.82) is 0 Å². The van der Waals surface area contributed by atoms with Crippen molar-refractivity contribution in [1.82, 2.24) is 15.5 Å². The van der Waals surface area contributed by atoms with Crippen molar-refractivity contribution in [3.8, 4) is 0 Å². The molecule has 0 aliphatic rings. The highest BCUT2D eigenvalue weighted by Crippen LogP contribution is 2.31. The monoisotopic (exact) mass is 416 g/mol. The molecule has 0 atom stereocenters. The summed E-state index contributed by atoms with van der Waals surface area (Å²) >= 11 is 0. The van der Waals surface area contributed by atoms with Gasteiger partial charge in [0.05, 0.1) is 16.8 Å². The third kappa shape index (κ3) is 5.05. The number of carbonyl (C=O) groups is 2. The fraction of sp³-hybridized carbons (Fsp3) is 0.190. The molecular weight excluding hydrogens is 397 g/mol. The molecule has 0 unspecified atom stereocenters. The Morgan fingerprint density at radius 2 is 1.93 bits per heavy atom. The molecule has 9 heteroatoms. The number of hydrogen-bond donors (Lipinski definition) is 2. The average Bonchev–Trinajstić information content (AvgIpc) is 3.12. The van der Waals surface area contributed by atoms with E-state index >= 15 is 0 Å². The minimum atomic E-state index is -4.54. The van der Waals surface area contributed by atoms with Crippen LogP contribution in [0.4, 0.5) is 18.9 Å². The highest BCUT2D eigenvalue weighted by molar-refractivity contribution is 6.04. The molecule has 0 fully saturated rings. The molecule has 0 radical (unpaired) electrons. The number of carbonyl (C=O) groups excluding carboxylic acids is 2. The van der Waals surface area contributed by atoms with Gasteiger partial charge in [0.2, 0.25) is 5.91 Å². The van der Waals surface area contributed by atoms with Crippen molar-refractivity contribution in [3.05, 3.63) is 65.9 Å². The zero-order valence-corrected chi connectivity index (χ0v) is 16.0. The summed E-state index contributed by atoms with van der Waals surface area (Å²) in [5.41, 5.74) is 0.547. The van der Waals surface area contributed by atoms with Crippen LogP contribution >= 0.6 is 0 Å². The first-order valence-electron chi connectivity index (χ1n) is 9.10. The molecule has 0 aliphatic carbocycles. The van der Waals surface area contributed by atoms with Gasteiger partial charge in [0.25, 0.3) is 5.91 Å². The number of alkyl halides is 3. The van der Waals surface area contributed by atoms with Gasteiger partial charge < -0.3 is 10.2 Å². The van der Waals surface area contributed by atoms with E-state index in [-0.39, 0.29) is 24.7 Å². The molecule has 3 aromatic rings. The molecule has 0 saturated carbocycles. The number of aromatic nitrogens is 2. The average molecular weight is 416 g/mol. The maximum absolute atomic E-state index is 13.1. The van der Waals surface area contributed by atoms with E-state index in [9.17, 15) is 22.8 Å². The predicted molar refractivity (Wildman–Crippen MR) is 108 cm³/mol. The van der Waals surface area contributed by atoms with Crippen molar-refractivity contribution < 1.29 is 22.8 Å². The van der Waals surface area contributed by atoms with Crippen LogP contribution in [0, 0.1) is 0 Å². The molecule has 30 heavy (non-hydrogen) atoms. The van der Waals surface area contributed by atoms with Gasteiger partial charge in [0.15, 0.2) is 0 Å². The van der Waals surface area contributed by atoms with Gasteiger partial charge in [-0.05, 0) is 30.3 Å². The first-order valence-corrected chi connectivity index (χ1v) is 9.10. The number of H-pyrrole nitrogens is 1. The Balaban J connectivity index is 1.87. The zero-order chi connectivity index (χ0) is 21.7. The van der Waals surface area contributed by atoms with Gasteiger partial charge in [-0.2, -0.15) is 18.3 Å². The molecule has 2 amide bonds. The fourth-order valence-corrected chi connectivity index (χ4v) is 2.91. The fourth-order valence-electron chi connectivity index (χ4n) is 2.91. The van der Waals surface area contributed by atoms with E-state index in [1.54, 1.807) is 0 Å². The Morgan fingerprint density at radius 1 is 1.17 bits per heavy atom. The number of benzene rings is 2. The summed E-state index contributed by atoms with van der Waals surface area (Å²) in [6.45, 7) is 1.42. The lowest BCUT2D eigenvalue weighted by Crippen LogP contribution is -2.37. The number of fused-ring (bicyclic) bond motifs is 1. The Morgan fingerprint density at radius 3 is 2.67 bits per heavy atom. The number of halogens is 3. The van der Waals surface area contributed by atoms with Gasteiger partial charge >= 0.3 is 6.18 Å². The van der Waals surface area contributed by atoms with Crippen LogP contribution in [0.5, 0.6) is 0 Å². The highest BCUT2D eigenvalue weighted by atomic mass is 19.4. The predicted octanol–water partition coefficient (Wildman–Crippen LogP) is 3.76. The number of aromatic amines is 1. The van der Waals surface area contributed by atoms with Gasteiger partial charge in [0.1, 0.15) is 0 Å². The summed E-state index contributed by atoms with van der Waals surface area (Å²) in [6, 6.07) is 11.8. The first kappa shape index (κ1) is 21.1. The lowest BCUT2D eigenvalue weighted by atomic mass is 10.1. The van der Waals surface area contributed by atoms with Crippen LogP contribution in [0.15, 0.2) is 54.6 Å². The molecule has 1 aromatic heterocycles. The number of nitrogens with zero attached hydrogens (tertiary/aromatic N) is 2. The van der Waals surface area contributed by atoms with Gasteiger partial charge in [0, 0.05) is 37.2 Å². The van der Waals surface area contributed by atoms with Crippen LogP contribution in [0.2, 0.25) is 0 Å². The quantitative estimate of drug-likeness (QED) is 0.601. The molecule has 2 aromatic carbocycles. The lowest BCUT2D eigenvalue weighted by Gasteiger charge is -2.22. The summed E-state index contributed by atoms with van der Waals surface area (Å²) in [5, 5.41) is 10.3. The first-order chi connectivity index (χ1) is 14.3. The second-order valence-electron chi connectivity index (χ2n) is 6.51. The van der Waals surface area contributed by atoms with Crippen molar-refractivity contribution in [2.75, 3.05) is 18.0 Å².